The van der Waals surface area contributed by atoms with Gasteiger partial charge in [0.05, 0.1) is 4.88 Å². The Morgan fingerprint density at radius 2 is 2.42 bits per heavy atom. The van der Waals surface area contributed by atoms with Gasteiger partial charge in [-0.2, -0.15) is 0 Å². The minimum absolute atomic E-state index is 0.131. The summed E-state index contributed by atoms with van der Waals surface area (Å²) in [5.74, 6) is 0.131. The van der Waals surface area contributed by atoms with Crippen molar-refractivity contribution in [1.29, 1.82) is 0 Å². The Morgan fingerprint density at radius 1 is 1.67 bits per heavy atom. The van der Waals surface area contributed by atoms with Crippen molar-refractivity contribution in [3.63, 3.8) is 0 Å². The van der Waals surface area contributed by atoms with Crippen molar-refractivity contribution in [1.82, 2.24) is 4.90 Å². The molecule has 0 bridgehead atoms. The second-order valence-corrected chi connectivity index (χ2v) is 3.65. The van der Waals surface area contributed by atoms with E-state index in [0.717, 1.165) is 17.8 Å². The number of nitrogens with zero attached hydrogens (tertiary/aromatic N) is 1. The highest BCUT2D eigenvalue weighted by Crippen LogP contribution is 2.10. The van der Waals surface area contributed by atoms with Crippen molar-refractivity contribution >= 4 is 17.2 Å². The highest BCUT2D eigenvalue weighted by molar-refractivity contribution is 7.12. The molecule has 1 rings (SSSR count). The average Bonchev–Trinajstić information content (AvgIpc) is 2.55. The summed E-state index contributed by atoms with van der Waals surface area (Å²) in [4.78, 5) is 14.1. The summed E-state index contributed by atoms with van der Waals surface area (Å²) in [6.07, 6.45) is 1.01. The molecular formula is C9H13NOS. The van der Waals surface area contributed by atoms with E-state index in [1.807, 2.05) is 24.6 Å². The Balaban J connectivity index is 2.59. The molecule has 0 saturated carbocycles. The fraction of sp³-hybridized carbons (Fsp3) is 0.444. The lowest BCUT2D eigenvalue weighted by molar-refractivity contribution is 0.0800. The van der Waals surface area contributed by atoms with Crippen LogP contribution in [-0.2, 0) is 0 Å². The Labute approximate surface area is 76.8 Å². The van der Waals surface area contributed by atoms with E-state index >= 15 is 0 Å². The molecule has 1 heterocycles. The summed E-state index contributed by atoms with van der Waals surface area (Å²) in [5.41, 5.74) is 0. The Morgan fingerprint density at radius 3 is 2.92 bits per heavy atom. The predicted molar refractivity (Wildman–Crippen MR) is 51.6 cm³/mol. The maximum absolute atomic E-state index is 11.5. The van der Waals surface area contributed by atoms with Gasteiger partial charge in [-0.1, -0.05) is 13.0 Å². The van der Waals surface area contributed by atoms with E-state index in [4.69, 9.17) is 0 Å². The van der Waals surface area contributed by atoms with Crippen LogP contribution in [0.25, 0.3) is 0 Å². The summed E-state index contributed by atoms with van der Waals surface area (Å²) in [6, 6.07) is 3.76. The van der Waals surface area contributed by atoms with Crippen molar-refractivity contribution in [2.45, 2.75) is 13.3 Å². The van der Waals surface area contributed by atoms with Crippen LogP contribution in [0.2, 0.25) is 0 Å². The molecule has 1 amide bonds. The first-order valence-electron chi connectivity index (χ1n) is 4.04. The lowest BCUT2D eigenvalue weighted by Gasteiger charge is -2.14. The molecule has 12 heavy (non-hydrogen) atoms. The quantitative estimate of drug-likeness (QED) is 0.703. The van der Waals surface area contributed by atoms with Gasteiger partial charge in [0.15, 0.2) is 0 Å². The van der Waals surface area contributed by atoms with Gasteiger partial charge in [0, 0.05) is 13.6 Å². The van der Waals surface area contributed by atoms with Crippen LogP contribution < -0.4 is 0 Å². The molecule has 0 aliphatic rings. The number of carbonyl (C=O) groups is 1. The van der Waals surface area contributed by atoms with Crippen LogP contribution >= 0.6 is 11.3 Å². The zero-order valence-corrected chi connectivity index (χ0v) is 8.23. The molecule has 2 nitrogen and oxygen atoms in total. The highest BCUT2D eigenvalue weighted by Gasteiger charge is 2.10. The van der Waals surface area contributed by atoms with E-state index in [1.165, 1.54) is 11.3 Å². The third-order valence-corrected chi connectivity index (χ3v) is 2.50. The topological polar surface area (TPSA) is 20.3 Å². The molecule has 3 heteroatoms. The van der Waals surface area contributed by atoms with Crippen molar-refractivity contribution in [3.8, 4) is 0 Å². The standard InChI is InChI=1S/C9H13NOS/c1-3-6-10(2)9(11)8-5-4-7-12-8/h4-5,7H,3,6H2,1-2H3. The van der Waals surface area contributed by atoms with Crippen LogP contribution in [0.4, 0.5) is 0 Å². The minimum atomic E-state index is 0.131. The van der Waals surface area contributed by atoms with Crippen LogP contribution in [0.1, 0.15) is 23.0 Å². The second-order valence-electron chi connectivity index (χ2n) is 2.70. The number of amides is 1. The summed E-state index contributed by atoms with van der Waals surface area (Å²) in [7, 11) is 1.84. The number of thiophene rings is 1. The SMILES string of the molecule is CCCN(C)C(=O)c1cccs1. The third kappa shape index (κ3) is 2.08. The molecule has 0 spiro atoms. The number of hydrogen-bond donors (Lipinski definition) is 0. The molecule has 0 fully saturated rings. The van der Waals surface area contributed by atoms with Crippen molar-refractivity contribution in [2.75, 3.05) is 13.6 Å². The summed E-state index contributed by atoms with van der Waals surface area (Å²) in [6.45, 7) is 2.90. The lowest BCUT2D eigenvalue weighted by Crippen LogP contribution is -2.26. The second kappa shape index (κ2) is 4.26. The first kappa shape index (κ1) is 9.26. The molecule has 0 N–H and O–H groups in total. The van der Waals surface area contributed by atoms with E-state index in [-0.39, 0.29) is 5.91 Å². The summed E-state index contributed by atoms with van der Waals surface area (Å²) >= 11 is 1.49. The molecule has 0 unspecified atom stereocenters. The van der Waals surface area contributed by atoms with E-state index < -0.39 is 0 Å². The normalized spacial score (nSPS) is 9.83. The lowest BCUT2D eigenvalue weighted by atomic mass is 10.4. The molecule has 66 valence electrons. The van der Waals surface area contributed by atoms with Gasteiger partial charge in [0.2, 0.25) is 0 Å². The molecular weight excluding hydrogens is 170 g/mol. The Kier molecular flexibility index (Phi) is 3.29. The fourth-order valence-corrected chi connectivity index (χ4v) is 1.74. The van der Waals surface area contributed by atoms with Crippen LogP contribution in [-0.4, -0.2) is 24.4 Å². The molecule has 0 saturated heterocycles. The minimum Gasteiger partial charge on any atom is -0.341 e. The van der Waals surface area contributed by atoms with Gasteiger partial charge in [0.25, 0.3) is 5.91 Å². The Hall–Kier alpha value is -0.830. The summed E-state index contributed by atoms with van der Waals surface area (Å²) < 4.78 is 0. The van der Waals surface area contributed by atoms with Crippen LogP contribution in [0, 0.1) is 0 Å². The van der Waals surface area contributed by atoms with Gasteiger partial charge in [-0.3, -0.25) is 4.79 Å². The monoisotopic (exact) mass is 183 g/mol. The third-order valence-electron chi connectivity index (χ3n) is 1.64. The zero-order valence-electron chi connectivity index (χ0n) is 7.41. The van der Waals surface area contributed by atoms with Gasteiger partial charge in [0.1, 0.15) is 0 Å². The van der Waals surface area contributed by atoms with Crippen LogP contribution in [0.3, 0.4) is 0 Å². The van der Waals surface area contributed by atoms with Gasteiger partial charge in [-0.25, -0.2) is 0 Å². The van der Waals surface area contributed by atoms with E-state index in [9.17, 15) is 4.79 Å². The van der Waals surface area contributed by atoms with E-state index in [0.29, 0.717) is 0 Å². The fourth-order valence-electron chi connectivity index (χ4n) is 1.03. The summed E-state index contributed by atoms with van der Waals surface area (Å²) in [5, 5.41) is 1.92. The molecule has 1 aromatic heterocycles. The van der Waals surface area contributed by atoms with Crippen LogP contribution in [0.5, 0.6) is 0 Å². The maximum Gasteiger partial charge on any atom is 0.263 e. The van der Waals surface area contributed by atoms with Crippen LogP contribution in [0.15, 0.2) is 17.5 Å². The van der Waals surface area contributed by atoms with E-state index in [2.05, 4.69) is 6.92 Å². The molecule has 0 atom stereocenters. The molecule has 0 aromatic carbocycles. The average molecular weight is 183 g/mol. The van der Waals surface area contributed by atoms with Crippen molar-refractivity contribution in [2.24, 2.45) is 0 Å². The van der Waals surface area contributed by atoms with Gasteiger partial charge in [-0.05, 0) is 17.9 Å². The first-order chi connectivity index (χ1) is 5.75. The maximum atomic E-state index is 11.5. The number of rotatable bonds is 3. The molecule has 0 aliphatic carbocycles. The first-order valence-corrected chi connectivity index (χ1v) is 4.92. The zero-order chi connectivity index (χ0) is 8.97. The van der Waals surface area contributed by atoms with E-state index in [1.54, 1.807) is 4.90 Å². The highest BCUT2D eigenvalue weighted by atomic mass is 32.1. The van der Waals surface area contributed by atoms with Gasteiger partial charge < -0.3 is 4.90 Å². The van der Waals surface area contributed by atoms with Gasteiger partial charge in [-0.15, -0.1) is 11.3 Å². The molecule has 0 radical (unpaired) electrons. The van der Waals surface area contributed by atoms with Gasteiger partial charge >= 0.3 is 0 Å². The molecule has 1 aromatic rings. The predicted octanol–water partition coefficient (Wildman–Crippen LogP) is 2.23. The Bertz CT molecular complexity index is 243. The van der Waals surface area contributed by atoms with Crippen molar-refractivity contribution < 1.29 is 4.79 Å². The molecule has 0 aliphatic heterocycles. The largest absolute Gasteiger partial charge is 0.341 e. The number of carbonyl (C=O) groups excluding carboxylic acids is 1. The smallest absolute Gasteiger partial charge is 0.263 e. The van der Waals surface area contributed by atoms with Crippen molar-refractivity contribution in [3.05, 3.63) is 22.4 Å². The number of hydrogen-bond acceptors (Lipinski definition) is 2.